The molecule has 0 aliphatic rings. The Kier molecular flexibility index (Phi) is 14.6. The average molecular weight is 398 g/mol. The van der Waals surface area contributed by atoms with Crippen molar-refractivity contribution in [1.29, 1.82) is 0 Å². The molecule has 0 aliphatic carbocycles. The van der Waals surface area contributed by atoms with E-state index >= 15 is 0 Å². The summed E-state index contributed by atoms with van der Waals surface area (Å²) in [6.45, 7) is 4.54. The van der Waals surface area contributed by atoms with Gasteiger partial charge < -0.3 is 0 Å². The Bertz CT molecular complexity index is 173. The molecule has 0 spiro atoms. The Morgan fingerprint density at radius 2 is 0.895 bits per heavy atom. The molecule has 0 aromatic carbocycles. The molecule has 0 atom stereocenters. The van der Waals surface area contributed by atoms with Gasteiger partial charge in [0, 0.05) is 9.65 Å². The van der Waals surface area contributed by atoms with Gasteiger partial charge in [-0.3, -0.25) is 0 Å². The molecule has 0 radical (unpaired) electrons. The number of hydrogen-bond acceptors (Lipinski definition) is 0. The predicted octanol–water partition coefficient (Wildman–Crippen LogP) is 7.63. The van der Waals surface area contributed by atoms with Crippen molar-refractivity contribution in [1.82, 2.24) is 0 Å². The first-order valence-corrected chi connectivity index (χ1v) is 10.2. The third-order valence-corrected chi connectivity index (χ3v) is 4.61. The monoisotopic (exact) mass is 396 g/mol. The van der Waals surface area contributed by atoms with Gasteiger partial charge in [-0.2, -0.15) is 0 Å². The summed E-state index contributed by atoms with van der Waals surface area (Å²) >= 11 is 7.20. The first-order chi connectivity index (χ1) is 9.06. The highest BCUT2D eigenvalue weighted by atomic mass is 79.9. The molecule has 0 rings (SSSR count). The quantitative estimate of drug-likeness (QED) is 0.208. The van der Waals surface area contributed by atoms with Gasteiger partial charge in [-0.05, 0) is 12.8 Å². The first-order valence-electron chi connectivity index (χ1n) is 8.31. The van der Waals surface area contributed by atoms with Gasteiger partial charge in [0.15, 0.2) is 0 Å². The second kappa shape index (κ2) is 13.9. The van der Waals surface area contributed by atoms with Crippen molar-refractivity contribution < 1.29 is 0 Å². The summed E-state index contributed by atoms with van der Waals surface area (Å²) in [5.74, 6) is 0. The maximum atomic E-state index is 3.71. The zero-order valence-electron chi connectivity index (χ0n) is 13.2. The van der Waals surface area contributed by atoms with Crippen molar-refractivity contribution in [3.8, 4) is 0 Å². The summed E-state index contributed by atoms with van der Waals surface area (Å²) in [6.07, 6.45) is 18.5. The van der Waals surface area contributed by atoms with Crippen molar-refractivity contribution in [3.05, 3.63) is 0 Å². The molecule has 0 aromatic heterocycles. The Labute approximate surface area is 138 Å². The minimum absolute atomic E-state index is 0.349. The topological polar surface area (TPSA) is 0 Å². The van der Waals surface area contributed by atoms with E-state index in [0.29, 0.717) is 4.32 Å². The van der Waals surface area contributed by atoms with E-state index in [1.54, 1.807) is 0 Å². The molecule has 19 heavy (non-hydrogen) atoms. The van der Waals surface area contributed by atoms with Crippen molar-refractivity contribution in [3.63, 3.8) is 0 Å². The van der Waals surface area contributed by atoms with E-state index in [0.717, 1.165) is 0 Å². The van der Waals surface area contributed by atoms with Crippen LogP contribution in [-0.2, 0) is 0 Å². The molecule has 0 nitrogen and oxygen atoms in total. The molecule has 0 aliphatic heterocycles. The molecule has 0 aromatic rings. The van der Waals surface area contributed by atoms with E-state index in [9.17, 15) is 0 Å². The lowest BCUT2D eigenvalue weighted by molar-refractivity contribution is 0.524. The van der Waals surface area contributed by atoms with Crippen LogP contribution in [0.4, 0.5) is 0 Å². The minimum atomic E-state index is 0.349. The Morgan fingerprint density at radius 3 is 1.21 bits per heavy atom. The molecule has 0 heterocycles. The van der Waals surface area contributed by atoms with Gasteiger partial charge >= 0.3 is 0 Å². The van der Waals surface area contributed by atoms with Crippen molar-refractivity contribution in [2.75, 3.05) is 5.33 Å². The van der Waals surface area contributed by atoms with Gasteiger partial charge in [0.25, 0.3) is 0 Å². The second-order valence-corrected chi connectivity index (χ2v) is 9.34. The number of alkyl halides is 2. The lowest BCUT2D eigenvalue weighted by Gasteiger charge is -2.15. The first kappa shape index (κ1) is 20.0. The van der Waals surface area contributed by atoms with E-state index in [2.05, 4.69) is 45.7 Å². The third kappa shape index (κ3) is 19.0. The molecule has 0 saturated carbocycles. The summed E-state index contributed by atoms with van der Waals surface area (Å²) < 4.78 is 0.349. The third-order valence-electron chi connectivity index (χ3n) is 3.65. The highest BCUT2D eigenvalue weighted by Gasteiger charge is 2.10. The summed E-state index contributed by atoms with van der Waals surface area (Å²) in [5, 5.41) is 1.18. The number of unbranched alkanes of at least 4 members (excludes halogenated alkanes) is 11. The minimum Gasteiger partial charge on any atom is -0.0928 e. The lowest BCUT2D eigenvalue weighted by atomic mass is 10.0. The molecule has 0 saturated heterocycles. The van der Waals surface area contributed by atoms with E-state index in [1.807, 2.05) is 0 Å². The van der Waals surface area contributed by atoms with Gasteiger partial charge in [-0.1, -0.05) is 116 Å². The molecule has 0 amide bonds. The second-order valence-electron chi connectivity index (χ2n) is 6.40. The van der Waals surface area contributed by atoms with E-state index in [4.69, 9.17) is 0 Å². The van der Waals surface area contributed by atoms with Crippen LogP contribution in [0.1, 0.15) is 97.3 Å². The zero-order valence-corrected chi connectivity index (χ0v) is 16.3. The molecule has 0 fully saturated rings. The maximum Gasteiger partial charge on any atom is 0.0201 e. The summed E-state index contributed by atoms with van der Waals surface area (Å²) in [7, 11) is 0. The molecule has 2 heteroatoms. The van der Waals surface area contributed by atoms with E-state index < -0.39 is 0 Å². The van der Waals surface area contributed by atoms with Gasteiger partial charge in [0.1, 0.15) is 0 Å². The van der Waals surface area contributed by atoms with Crippen molar-refractivity contribution in [2.24, 2.45) is 0 Å². The highest BCUT2D eigenvalue weighted by Crippen LogP contribution is 2.23. The number of rotatable bonds is 14. The van der Waals surface area contributed by atoms with Crippen LogP contribution in [0.2, 0.25) is 0 Å². The van der Waals surface area contributed by atoms with Crippen molar-refractivity contribution >= 4 is 31.9 Å². The average Bonchev–Trinajstić information content (AvgIpc) is 2.34. The van der Waals surface area contributed by atoms with Crippen LogP contribution in [0.15, 0.2) is 0 Å². The van der Waals surface area contributed by atoms with Crippen LogP contribution in [-0.4, -0.2) is 9.65 Å². The summed E-state index contributed by atoms with van der Waals surface area (Å²) in [5.41, 5.74) is 0. The molecule has 116 valence electrons. The fourth-order valence-electron chi connectivity index (χ4n) is 2.41. The maximum absolute atomic E-state index is 3.71. The van der Waals surface area contributed by atoms with Crippen molar-refractivity contribution in [2.45, 2.75) is 102 Å². The van der Waals surface area contributed by atoms with Crippen LogP contribution in [0, 0.1) is 0 Å². The lowest BCUT2D eigenvalue weighted by Crippen LogP contribution is -2.07. The fraction of sp³-hybridized carbons (Fsp3) is 1.00. The van der Waals surface area contributed by atoms with Gasteiger partial charge in [0.05, 0.1) is 0 Å². The molecule has 0 bridgehead atoms. The van der Waals surface area contributed by atoms with Gasteiger partial charge in [-0.25, -0.2) is 0 Å². The van der Waals surface area contributed by atoms with E-state index in [-0.39, 0.29) is 0 Å². The highest BCUT2D eigenvalue weighted by molar-refractivity contribution is 9.10. The van der Waals surface area contributed by atoms with Crippen LogP contribution >= 0.6 is 31.9 Å². The van der Waals surface area contributed by atoms with Gasteiger partial charge in [0.2, 0.25) is 0 Å². The number of hydrogen-bond donors (Lipinski definition) is 0. The largest absolute Gasteiger partial charge is 0.0928 e. The van der Waals surface area contributed by atoms with Crippen LogP contribution < -0.4 is 0 Å². The molecule has 0 N–H and O–H groups in total. The fourth-order valence-corrected chi connectivity index (χ4v) is 3.08. The summed E-state index contributed by atoms with van der Waals surface area (Å²) in [6, 6.07) is 0. The molecular formula is C17H34Br2. The van der Waals surface area contributed by atoms with Gasteiger partial charge in [-0.15, -0.1) is 0 Å². The van der Waals surface area contributed by atoms with Crippen LogP contribution in [0.25, 0.3) is 0 Å². The smallest absolute Gasteiger partial charge is 0.0201 e. The van der Waals surface area contributed by atoms with E-state index in [1.165, 1.54) is 88.8 Å². The Balaban J connectivity index is 2.99. The van der Waals surface area contributed by atoms with Crippen LogP contribution in [0.5, 0.6) is 0 Å². The standard InChI is InChI=1S/C17H34Br2/c1-17(2,19)15-13-11-9-7-5-3-4-6-8-10-12-14-16-18/h3-16H2,1-2H3. The zero-order chi connectivity index (χ0) is 14.4. The normalized spacial score (nSPS) is 12.0. The predicted molar refractivity (Wildman–Crippen MR) is 96.8 cm³/mol. The Hall–Kier alpha value is 0.960. The summed E-state index contributed by atoms with van der Waals surface area (Å²) in [4.78, 5) is 0. The molecule has 0 unspecified atom stereocenters. The number of halogens is 2. The Morgan fingerprint density at radius 1 is 0.579 bits per heavy atom. The SMILES string of the molecule is CC(C)(Br)CCCCCCCCCCCCCCBr. The molecular weight excluding hydrogens is 364 g/mol. The van der Waals surface area contributed by atoms with Crippen LogP contribution in [0.3, 0.4) is 0 Å².